The lowest BCUT2D eigenvalue weighted by atomic mass is 10.0. The zero-order valence-corrected chi connectivity index (χ0v) is 12.0. The van der Waals surface area contributed by atoms with E-state index in [4.69, 9.17) is 0 Å². The third-order valence-corrected chi connectivity index (χ3v) is 4.33. The Morgan fingerprint density at radius 3 is 2.43 bits per heavy atom. The maximum atomic E-state index is 12.7. The summed E-state index contributed by atoms with van der Waals surface area (Å²) in [6, 6.07) is 7.48. The second-order valence-corrected chi connectivity index (χ2v) is 5.68. The Bertz CT molecular complexity index is 586. The molecule has 3 amide bonds. The number of nitrogens with one attached hydrogen (secondary N) is 1. The van der Waals surface area contributed by atoms with Gasteiger partial charge in [0.05, 0.1) is 0 Å². The van der Waals surface area contributed by atoms with Gasteiger partial charge in [0.1, 0.15) is 12.6 Å². The first-order valence-electron chi connectivity index (χ1n) is 7.31. The lowest BCUT2D eigenvalue weighted by Gasteiger charge is -2.35. The van der Waals surface area contributed by atoms with Crippen LogP contribution in [0, 0.1) is 5.92 Å². The maximum Gasteiger partial charge on any atom is 0.249 e. The highest BCUT2D eigenvalue weighted by atomic mass is 16.2. The molecule has 1 atom stereocenters. The summed E-state index contributed by atoms with van der Waals surface area (Å²) in [7, 11) is 0. The molecule has 110 valence electrons. The Labute approximate surface area is 123 Å². The molecule has 1 saturated heterocycles. The number of hydrogen-bond donors (Lipinski definition) is 1. The monoisotopic (exact) mass is 286 g/mol. The summed E-state index contributed by atoms with van der Waals surface area (Å²) in [6.07, 6.45) is 1.90. The first kappa shape index (κ1) is 13.8. The molecule has 0 saturated carbocycles. The lowest BCUT2D eigenvalue weighted by Crippen LogP contribution is -2.60. The van der Waals surface area contributed by atoms with Gasteiger partial charge in [0.2, 0.25) is 17.7 Å². The molecule has 2 aliphatic rings. The molecule has 1 fully saturated rings. The Kier molecular flexibility index (Phi) is 3.49. The number of benzene rings is 1. The molecule has 0 aromatic heterocycles. The fourth-order valence-electron chi connectivity index (χ4n) is 3.27. The van der Waals surface area contributed by atoms with Crippen molar-refractivity contribution in [2.75, 3.05) is 6.54 Å². The van der Waals surface area contributed by atoms with Gasteiger partial charge in [-0.1, -0.05) is 31.2 Å². The Balaban J connectivity index is 1.79. The minimum absolute atomic E-state index is 0.0179. The average molecular weight is 286 g/mol. The molecule has 1 heterocycles. The molecular formula is C16H18N2O3. The summed E-state index contributed by atoms with van der Waals surface area (Å²) < 4.78 is 0. The van der Waals surface area contributed by atoms with Crippen molar-refractivity contribution in [1.82, 2.24) is 10.2 Å². The quantitative estimate of drug-likeness (QED) is 0.812. The molecule has 1 unspecified atom stereocenters. The van der Waals surface area contributed by atoms with Gasteiger partial charge in [0.25, 0.3) is 0 Å². The van der Waals surface area contributed by atoms with Gasteiger partial charge in [-0.25, -0.2) is 0 Å². The number of rotatable bonds is 2. The Morgan fingerprint density at radius 2 is 1.86 bits per heavy atom. The summed E-state index contributed by atoms with van der Waals surface area (Å²) in [5, 5.41) is 2.30. The van der Waals surface area contributed by atoms with Crippen molar-refractivity contribution >= 4 is 17.7 Å². The Hall–Kier alpha value is -2.17. The number of imide groups is 1. The predicted octanol–water partition coefficient (Wildman–Crippen LogP) is 0.665. The second kappa shape index (κ2) is 5.31. The molecule has 5 nitrogen and oxygen atoms in total. The molecule has 1 aliphatic carbocycles. The minimum atomic E-state index is -0.529. The van der Waals surface area contributed by atoms with E-state index in [0.29, 0.717) is 19.3 Å². The number of piperazine rings is 1. The van der Waals surface area contributed by atoms with Gasteiger partial charge in [-0.2, -0.15) is 0 Å². The fourth-order valence-corrected chi connectivity index (χ4v) is 3.27. The van der Waals surface area contributed by atoms with Crippen LogP contribution in [0.4, 0.5) is 0 Å². The molecule has 0 spiro atoms. The van der Waals surface area contributed by atoms with Gasteiger partial charge in [-0.05, 0) is 30.4 Å². The molecule has 0 bridgehead atoms. The lowest BCUT2D eigenvalue weighted by molar-refractivity contribution is -0.152. The van der Waals surface area contributed by atoms with E-state index in [1.165, 1.54) is 16.0 Å². The first-order chi connectivity index (χ1) is 10.1. The van der Waals surface area contributed by atoms with Crippen LogP contribution < -0.4 is 5.32 Å². The van der Waals surface area contributed by atoms with Gasteiger partial charge in [0.15, 0.2) is 0 Å². The van der Waals surface area contributed by atoms with Crippen molar-refractivity contribution < 1.29 is 14.4 Å². The first-order valence-corrected chi connectivity index (χ1v) is 7.31. The van der Waals surface area contributed by atoms with E-state index in [1.807, 2.05) is 31.2 Å². The highest BCUT2D eigenvalue weighted by Gasteiger charge is 2.39. The van der Waals surface area contributed by atoms with Crippen LogP contribution in [0.2, 0.25) is 0 Å². The number of nitrogens with zero attached hydrogens (tertiary/aromatic N) is 1. The van der Waals surface area contributed by atoms with E-state index in [-0.39, 0.29) is 24.3 Å². The van der Waals surface area contributed by atoms with E-state index in [1.54, 1.807) is 0 Å². The van der Waals surface area contributed by atoms with Crippen LogP contribution in [0.25, 0.3) is 0 Å². The highest BCUT2D eigenvalue weighted by Crippen LogP contribution is 2.29. The Morgan fingerprint density at radius 1 is 1.24 bits per heavy atom. The summed E-state index contributed by atoms with van der Waals surface area (Å²) in [5.74, 6) is -0.998. The molecule has 3 rings (SSSR count). The van der Waals surface area contributed by atoms with Gasteiger partial charge in [0, 0.05) is 5.92 Å². The summed E-state index contributed by atoms with van der Waals surface area (Å²) >= 11 is 0. The molecular weight excluding hydrogens is 268 g/mol. The summed E-state index contributed by atoms with van der Waals surface area (Å²) in [4.78, 5) is 37.6. The van der Waals surface area contributed by atoms with Gasteiger partial charge in [-0.15, -0.1) is 0 Å². The molecule has 5 heteroatoms. The van der Waals surface area contributed by atoms with Crippen LogP contribution in [0.15, 0.2) is 24.3 Å². The molecule has 21 heavy (non-hydrogen) atoms. The smallest absolute Gasteiger partial charge is 0.249 e. The van der Waals surface area contributed by atoms with Crippen LogP contribution in [-0.4, -0.2) is 35.2 Å². The predicted molar refractivity (Wildman–Crippen MR) is 76.3 cm³/mol. The number of fused-ring (bicyclic) bond motifs is 1. The van der Waals surface area contributed by atoms with Crippen molar-refractivity contribution in [3.8, 4) is 0 Å². The second-order valence-electron chi connectivity index (χ2n) is 5.68. The van der Waals surface area contributed by atoms with Crippen molar-refractivity contribution in [3.05, 3.63) is 35.4 Å². The number of carbonyl (C=O) groups is 3. The van der Waals surface area contributed by atoms with E-state index < -0.39 is 11.9 Å². The van der Waals surface area contributed by atoms with Gasteiger partial charge in [-0.3, -0.25) is 19.7 Å². The number of carbonyl (C=O) groups excluding carboxylic acids is 3. The summed E-state index contributed by atoms with van der Waals surface area (Å²) in [5.41, 5.74) is 2.38. The van der Waals surface area contributed by atoms with Crippen molar-refractivity contribution in [1.29, 1.82) is 0 Å². The van der Waals surface area contributed by atoms with Crippen molar-refractivity contribution in [2.45, 2.75) is 32.2 Å². The third kappa shape index (κ3) is 2.44. The van der Waals surface area contributed by atoms with E-state index in [2.05, 4.69) is 5.32 Å². The van der Waals surface area contributed by atoms with Crippen molar-refractivity contribution in [2.24, 2.45) is 5.92 Å². The van der Waals surface area contributed by atoms with Gasteiger partial charge < -0.3 is 4.90 Å². The third-order valence-electron chi connectivity index (χ3n) is 4.33. The minimum Gasteiger partial charge on any atom is -0.321 e. The van der Waals surface area contributed by atoms with E-state index in [0.717, 1.165) is 0 Å². The van der Waals surface area contributed by atoms with Crippen LogP contribution in [0.1, 0.15) is 24.5 Å². The number of hydrogen-bond acceptors (Lipinski definition) is 3. The van der Waals surface area contributed by atoms with E-state index in [9.17, 15) is 14.4 Å². The highest BCUT2D eigenvalue weighted by molar-refractivity contribution is 6.04. The maximum absolute atomic E-state index is 12.7. The van der Waals surface area contributed by atoms with Crippen molar-refractivity contribution in [3.63, 3.8) is 0 Å². The average Bonchev–Trinajstić information content (AvgIpc) is 2.89. The van der Waals surface area contributed by atoms with Gasteiger partial charge >= 0.3 is 0 Å². The molecule has 1 aromatic rings. The molecule has 1 aliphatic heterocycles. The van der Waals surface area contributed by atoms with E-state index >= 15 is 0 Å². The SMILES string of the molecule is CCC1C(=O)NC(=O)CN1C(=O)C1Cc2ccccc2C1. The summed E-state index contributed by atoms with van der Waals surface area (Å²) in [6.45, 7) is 1.83. The largest absolute Gasteiger partial charge is 0.321 e. The van der Waals surface area contributed by atoms with Crippen LogP contribution in [0.5, 0.6) is 0 Å². The zero-order valence-electron chi connectivity index (χ0n) is 12.0. The van der Waals surface area contributed by atoms with Crippen LogP contribution in [0.3, 0.4) is 0 Å². The molecule has 0 radical (unpaired) electrons. The fraction of sp³-hybridized carbons (Fsp3) is 0.438. The topological polar surface area (TPSA) is 66.5 Å². The standard InChI is InChI=1S/C16H18N2O3/c1-2-13-15(20)17-14(19)9-18(13)16(21)12-7-10-5-3-4-6-11(10)8-12/h3-6,12-13H,2,7-9H2,1H3,(H,17,19,20). The zero-order chi connectivity index (χ0) is 15.0. The molecule has 1 N–H and O–H groups in total. The number of amides is 3. The van der Waals surface area contributed by atoms with Crippen LogP contribution in [-0.2, 0) is 27.2 Å². The van der Waals surface area contributed by atoms with Crippen LogP contribution >= 0.6 is 0 Å². The normalized spacial score (nSPS) is 22.1. The molecule has 1 aromatic carbocycles.